The van der Waals surface area contributed by atoms with Crippen molar-refractivity contribution in [3.05, 3.63) is 53.3 Å². The van der Waals surface area contributed by atoms with Crippen molar-refractivity contribution < 1.29 is 4.39 Å². The zero-order valence-corrected chi connectivity index (χ0v) is 12.9. The van der Waals surface area contributed by atoms with Crippen LogP contribution in [0.15, 0.2) is 36.4 Å². The van der Waals surface area contributed by atoms with Gasteiger partial charge in [0.1, 0.15) is 5.82 Å². The second-order valence-corrected chi connectivity index (χ2v) is 6.36. The van der Waals surface area contributed by atoms with Gasteiger partial charge in [-0.3, -0.25) is 0 Å². The first-order chi connectivity index (χ1) is 10.7. The van der Waals surface area contributed by atoms with Gasteiger partial charge in [-0.25, -0.2) is 4.39 Å². The van der Waals surface area contributed by atoms with E-state index in [0.29, 0.717) is 6.04 Å². The Kier molecular flexibility index (Phi) is 3.38. The number of anilines is 1. The highest BCUT2D eigenvalue weighted by Gasteiger charge is 2.32. The number of aryl methyl sites for hydroxylation is 1. The summed E-state index contributed by atoms with van der Waals surface area (Å²) in [5.41, 5.74) is 6.21. The van der Waals surface area contributed by atoms with Crippen LogP contribution in [0.25, 0.3) is 11.1 Å². The Morgan fingerprint density at radius 2 is 2.05 bits per heavy atom. The van der Waals surface area contributed by atoms with E-state index in [9.17, 15) is 4.39 Å². The molecule has 0 aromatic heterocycles. The highest BCUT2D eigenvalue weighted by atomic mass is 19.1. The van der Waals surface area contributed by atoms with E-state index in [1.807, 2.05) is 13.0 Å². The van der Waals surface area contributed by atoms with Crippen molar-refractivity contribution >= 4 is 5.69 Å². The molecular weight excluding hydrogens is 275 g/mol. The van der Waals surface area contributed by atoms with E-state index in [-0.39, 0.29) is 5.82 Å². The van der Waals surface area contributed by atoms with Crippen LogP contribution in [0.3, 0.4) is 0 Å². The molecule has 1 unspecified atom stereocenters. The van der Waals surface area contributed by atoms with Crippen LogP contribution in [0, 0.1) is 12.7 Å². The van der Waals surface area contributed by atoms with Crippen LogP contribution < -0.4 is 10.2 Å². The minimum absolute atomic E-state index is 0.161. The van der Waals surface area contributed by atoms with E-state index in [0.717, 1.165) is 37.2 Å². The fourth-order valence-corrected chi connectivity index (χ4v) is 3.93. The first-order valence-electron chi connectivity index (χ1n) is 8.10. The maximum atomic E-state index is 13.4. The van der Waals surface area contributed by atoms with Gasteiger partial charge in [0.15, 0.2) is 0 Å². The summed E-state index contributed by atoms with van der Waals surface area (Å²) in [6, 6.07) is 12.3. The Hall–Kier alpha value is -1.87. The monoisotopic (exact) mass is 296 g/mol. The Labute approximate surface area is 131 Å². The van der Waals surface area contributed by atoms with E-state index < -0.39 is 0 Å². The molecule has 22 heavy (non-hydrogen) atoms. The molecule has 0 radical (unpaired) electrons. The summed E-state index contributed by atoms with van der Waals surface area (Å²) >= 11 is 0. The lowest BCUT2D eigenvalue weighted by atomic mass is 9.96. The number of hydrogen-bond donors (Lipinski definition) is 1. The normalized spacial score (nSPS) is 20.5. The number of nitrogens with zero attached hydrogens (tertiary/aromatic N) is 1. The van der Waals surface area contributed by atoms with Gasteiger partial charge in [-0.05, 0) is 55.1 Å². The quantitative estimate of drug-likeness (QED) is 0.866. The number of fused-ring (bicyclic) bond motifs is 3. The summed E-state index contributed by atoms with van der Waals surface area (Å²) in [7, 11) is 0. The maximum Gasteiger partial charge on any atom is 0.123 e. The number of benzene rings is 2. The Bertz CT molecular complexity index is 711. The van der Waals surface area contributed by atoms with Crippen molar-refractivity contribution in [2.24, 2.45) is 0 Å². The largest absolute Gasteiger partial charge is 0.366 e. The highest BCUT2D eigenvalue weighted by Crippen LogP contribution is 2.42. The average Bonchev–Trinajstić information content (AvgIpc) is 2.70. The van der Waals surface area contributed by atoms with Crippen molar-refractivity contribution in [1.82, 2.24) is 5.32 Å². The standard InChI is InChI=1S/C19H21FN2/c1-13-11-15(20)5-6-17(13)18-4-2-3-14-12-16-7-8-21-9-10-22(16)19(14)18/h2-6,11,16,21H,7-10,12H2,1H3. The van der Waals surface area contributed by atoms with E-state index in [1.54, 1.807) is 12.1 Å². The third-order valence-corrected chi connectivity index (χ3v) is 4.97. The minimum Gasteiger partial charge on any atom is -0.366 e. The SMILES string of the molecule is Cc1cc(F)ccc1-c1cccc2c1N1CCNCCC1C2. The van der Waals surface area contributed by atoms with Crippen LogP contribution in [-0.2, 0) is 6.42 Å². The van der Waals surface area contributed by atoms with Gasteiger partial charge in [0, 0.05) is 30.4 Å². The Morgan fingerprint density at radius 3 is 2.91 bits per heavy atom. The molecule has 2 aliphatic heterocycles. The molecule has 2 aromatic rings. The smallest absolute Gasteiger partial charge is 0.123 e. The summed E-state index contributed by atoms with van der Waals surface area (Å²) in [6.07, 6.45) is 2.32. The van der Waals surface area contributed by atoms with Gasteiger partial charge in [-0.1, -0.05) is 24.3 Å². The fourth-order valence-electron chi connectivity index (χ4n) is 3.93. The third-order valence-electron chi connectivity index (χ3n) is 4.97. The van der Waals surface area contributed by atoms with Gasteiger partial charge in [0.05, 0.1) is 0 Å². The van der Waals surface area contributed by atoms with E-state index in [4.69, 9.17) is 0 Å². The number of hydrogen-bond acceptors (Lipinski definition) is 2. The number of para-hydroxylation sites is 1. The highest BCUT2D eigenvalue weighted by molar-refractivity contribution is 5.84. The average molecular weight is 296 g/mol. The van der Waals surface area contributed by atoms with Crippen molar-refractivity contribution in [1.29, 1.82) is 0 Å². The molecule has 0 amide bonds. The number of halogens is 1. The molecule has 4 rings (SSSR count). The molecule has 3 heteroatoms. The molecule has 114 valence electrons. The van der Waals surface area contributed by atoms with Gasteiger partial charge in [-0.15, -0.1) is 0 Å². The van der Waals surface area contributed by atoms with Crippen LogP contribution in [-0.4, -0.2) is 25.7 Å². The summed E-state index contributed by atoms with van der Waals surface area (Å²) in [5, 5.41) is 3.49. The van der Waals surface area contributed by atoms with Gasteiger partial charge < -0.3 is 10.2 Å². The van der Waals surface area contributed by atoms with Crippen molar-refractivity contribution in [2.45, 2.75) is 25.8 Å². The molecule has 1 fully saturated rings. The molecular formula is C19H21FN2. The van der Waals surface area contributed by atoms with Gasteiger partial charge in [-0.2, -0.15) is 0 Å². The van der Waals surface area contributed by atoms with Crippen molar-refractivity contribution in [3.8, 4) is 11.1 Å². The van der Waals surface area contributed by atoms with Gasteiger partial charge >= 0.3 is 0 Å². The van der Waals surface area contributed by atoms with E-state index in [1.165, 1.54) is 23.2 Å². The summed E-state index contributed by atoms with van der Waals surface area (Å²) < 4.78 is 13.4. The maximum absolute atomic E-state index is 13.4. The molecule has 2 nitrogen and oxygen atoms in total. The molecule has 2 aromatic carbocycles. The molecule has 1 atom stereocenters. The Morgan fingerprint density at radius 1 is 1.14 bits per heavy atom. The predicted octanol–water partition coefficient (Wildman–Crippen LogP) is 3.53. The second kappa shape index (κ2) is 5.40. The second-order valence-electron chi connectivity index (χ2n) is 6.36. The zero-order chi connectivity index (χ0) is 15.1. The molecule has 2 aliphatic rings. The van der Waals surface area contributed by atoms with Gasteiger partial charge in [0.25, 0.3) is 0 Å². The molecule has 1 saturated heterocycles. The van der Waals surface area contributed by atoms with E-state index >= 15 is 0 Å². The lowest BCUT2D eigenvalue weighted by molar-refractivity contribution is 0.612. The summed E-state index contributed by atoms with van der Waals surface area (Å²) in [6.45, 7) is 5.18. The molecule has 0 aliphatic carbocycles. The zero-order valence-electron chi connectivity index (χ0n) is 12.9. The lowest BCUT2D eigenvalue weighted by Crippen LogP contribution is -2.33. The first-order valence-corrected chi connectivity index (χ1v) is 8.10. The van der Waals surface area contributed by atoms with Crippen LogP contribution in [0.1, 0.15) is 17.5 Å². The molecule has 2 heterocycles. The lowest BCUT2D eigenvalue weighted by Gasteiger charge is -2.27. The Balaban J connectivity index is 1.84. The third kappa shape index (κ3) is 2.20. The number of nitrogens with one attached hydrogen (secondary N) is 1. The fraction of sp³-hybridized carbons (Fsp3) is 0.368. The van der Waals surface area contributed by atoms with Crippen molar-refractivity contribution in [2.75, 3.05) is 24.5 Å². The summed E-state index contributed by atoms with van der Waals surface area (Å²) in [5.74, 6) is -0.161. The van der Waals surface area contributed by atoms with Crippen molar-refractivity contribution in [3.63, 3.8) is 0 Å². The van der Waals surface area contributed by atoms with Crippen LogP contribution in [0.4, 0.5) is 10.1 Å². The number of rotatable bonds is 1. The topological polar surface area (TPSA) is 15.3 Å². The van der Waals surface area contributed by atoms with Crippen LogP contribution >= 0.6 is 0 Å². The molecule has 0 spiro atoms. The van der Waals surface area contributed by atoms with Crippen LogP contribution in [0.2, 0.25) is 0 Å². The minimum atomic E-state index is -0.161. The molecule has 0 saturated carbocycles. The van der Waals surface area contributed by atoms with Crippen LogP contribution in [0.5, 0.6) is 0 Å². The van der Waals surface area contributed by atoms with E-state index in [2.05, 4.69) is 28.4 Å². The molecule has 1 N–H and O–H groups in total. The first kappa shape index (κ1) is 13.8. The van der Waals surface area contributed by atoms with Gasteiger partial charge in [0.2, 0.25) is 0 Å². The predicted molar refractivity (Wildman–Crippen MR) is 88.9 cm³/mol. The summed E-state index contributed by atoms with van der Waals surface area (Å²) in [4.78, 5) is 2.56. The molecule has 0 bridgehead atoms.